The smallest absolute Gasteiger partial charge is 0.217 e. The van der Waals surface area contributed by atoms with Gasteiger partial charge in [0.25, 0.3) is 0 Å². The fraction of sp³-hybridized carbons (Fsp3) is 0.636. The standard InChI is InChI=1S/C22H33NO7S/c1-15(24)23-19(21(27)28-12-7-4-8-14-31-16(2)25)20(26)18-11-13-29-22(30-18)17-9-5-3-6-10-17/h3,5-6,9-10,18-22,26-27H,4,7-8,11-14H2,1-2H3,(H,23,24)/t18-,19-,20?,21+,22?/m0/s1. The Balaban J connectivity index is 1.86. The van der Waals surface area contributed by atoms with Gasteiger partial charge >= 0.3 is 0 Å². The van der Waals surface area contributed by atoms with Crippen molar-refractivity contribution in [3.8, 4) is 0 Å². The zero-order chi connectivity index (χ0) is 22.6. The van der Waals surface area contributed by atoms with E-state index in [1.54, 1.807) is 6.92 Å². The Morgan fingerprint density at radius 2 is 1.94 bits per heavy atom. The van der Waals surface area contributed by atoms with E-state index in [0.29, 0.717) is 19.4 Å². The molecule has 1 saturated heterocycles. The summed E-state index contributed by atoms with van der Waals surface area (Å²) in [6.07, 6.45) is -0.992. The normalized spacial score (nSPS) is 21.8. The molecule has 0 bridgehead atoms. The molecule has 5 atom stereocenters. The molecule has 1 aromatic rings. The molecular formula is C22H33NO7S. The number of hydrogen-bond acceptors (Lipinski definition) is 8. The van der Waals surface area contributed by atoms with Crippen LogP contribution in [-0.2, 0) is 23.8 Å². The molecule has 0 aromatic heterocycles. The number of nitrogens with one attached hydrogen (secondary N) is 1. The number of amides is 1. The van der Waals surface area contributed by atoms with Crippen LogP contribution >= 0.6 is 11.8 Å². The van der Waals surface area contributed by atoms with Gasteiger partial charge < -0.3 is 29.7 Å². The quantitative estimate of drug-likeness (QED) is 0.324. The van der Waals surface area contributed by atoms with Gasteiger partial charge in [0, 0.05) is 31.8 Å². The van der Waals surface area contributed by atoms with E-state index in [4.69, 9.17) is 14.2 Å². The summed E-state index contributed by atoms with van der Waals surface area (Å²) in [5, 5.41) is 24.0. The molecule has 1 aromatic carbocycles. The lowest BCUT2D eigenvalue weighted by molar-refractivity contribution is -0.249. The Bertz CT molecular complexity index is 675. The Morgan fingerprint density at radius 1 is 1.19 bits per heavy atom. The number of carbonyl (C=O) groups is 2. The number of aliphatic hydroxyl groups is 2. The third kappa shape index (κ3) is 9.26. The minimum Gasteiger partial charge on any atom is -0.388 e. The SMILES string of the molecule is CC(=O)N[C@@H](C(O)[C@@H]1CCOC(c2ccccc2)O1)[C@H](O)OCCCCCSC(C)=O. The van der Waals surface area contributed by atoms with Gasteiger partial charge in [-0.15, -0.1) is 0 Å². The van der Waals surface area contributed by atoms with Gasteiger partial charge in [0.05, 0.1) is 12.7 Å². The Labute approximate surface area is 187 Å². The van der Waals surface area contributed by atoms with Crippen molar-refractivity contribution in [2.75, 3.05) is 19.0 Å². The molecule has 0 radical (unpaired) electrons. The highest BCUT2D eigenvalue weighted by Crippen LogP contribution is 2.28. The van der Waals surface area contributed by atoms with Crippen LogP contribution in [0.15, 0.2) is 30.3 Å². The highest BCUT2D eigenvalue weighted by atomic mass is 32.2. The van der Waals surface area contributed by atoms with Crippen LogP contribution in [0.5, 0.6) is 0 Å². The molecule has 1 amide bonds. The first-order chi connectivity index (χ1) is 14.9. The molecule has 31 heavy (non-hydrogen) atoms. The van der Waals surface area contributed by atoms with Gasteiger partial charge in [0.15, 0.2) is 17.7 Å². The summed E-state index contributed by atoms with van der Waals surface area (Å²) in [7, 11) is 0. The van der Waals surface area contributed by atoms with Crippen molar-refractivity contribution < 1.29 is 34.0 Å². The topological polar surface area (TPSA) is 114 Å². The maximum absolute atomic E-state index is 11.7. The predicted molar refractivity (Wildman–Crippen MR) is 117 cm³/mol. The second-order valence-electron chi connectivity index (χ2n) is 7.46. The van der Waals surface area contributed by atoms with Crippen molar-refractivity contribution >= 4 is 22.8 Å². The molecule has 0 spiro atoms. The van der Waals surface area contributed by atoms with Gasteiger partial charge in [-0.1, -0.05) is 48.5 Å². The number of rotatable bonds is 12. The average Bonchev–Trinajstić information content (AvgIpc) is 2.76. The number of thioether (sulfide) groups is 1. The summed E-state index contributed by atoms with van der Waals surface area (Å²) < 4.78 is 17.0. The lowest BCUT2D eigenvalue weighted by atomic mass is 10.0. The number of aliphatic hydroxyl groups excluding tert-OH is 2. The summed E-state index contributed by atoms with van der Waals surface area (Å²) in [4.78, 5) is 22.6. The van der Waals surface area contributed by atoms with Crippen molar-refractivity contribution in [3.63, 3.8) is 0 Å². The molecule has 0 aliphatic carbocycles. The molecule has 9 heteroatoms. The molecule has 2 rings (SSSR count). The molecule has 3 N–H and O–H groups in total. The fourth-order valence-corrected chi connectivity index (χ4v) is 3.93. The third-order valence-corrected chi connectivity index (χ3v) is 5.75. The molecule has 1 aliphatic rings. The Morgan fingerprint density at radius 3 is 2.61 bits per heavy atom. The zero-order valence-electron chi connectivity index (χ0n) is 18.1. The fourth-order valence-electron chi connectivity index (χ4n) is 3.29. The van der Waals surface area contributed by atoms with Gasteiger partial charge in [0.2, 0.25) is 5.91 Å². The van der Waals surface area contributed by atoms with Crippen LogP contribution in [0.4, 0.5) is 0 Å². The first-order valence-corrected chi connectivity index (χ1v) is 11.6. The van der Waals surface area contributed by atoms with E-state index in [0.717, 1.165) is 24.2 Å². The van der Waals surface area contributed by atoms with E-state index in [2.05, 4.69) is 5.32 Å². The largest absolute Gasteiger partial charge is 0.388 e. The minimum absolute atomic E-state index is 0.101. The van der Waals surface area contributed by atoms with Crippen LogP contribution in [0.3, 0.4) is 0 Å². The van der Waals surface area contributed by atoms with E-state index < -0.39 is 30.8 Å². The number of carbonyl (C=O) groups excluding carboxylic acids is 2. The molecule has 2 unspecified atom stereocenters. The number of hydrogen-bond donors (Lipinski definition) is 3. The van der Waals surface area contributed by atoms with E-state index in [1.807, 2.05) is 30.3 Å². The van der Waals surface area contributed by atoms with E-state index in [1.165, 1.54) is 18.7 Å². The zero-order valence-corrected chi connectivity index (χ0v) is 18.9. The van der Waals surface area contributed by atoms with Crippen LogP contribution in [0.25, 0.3) is 0 Å². The van der Waals surface area contributed by atoms with Gasteiger partial charge in [-0.3, -0.25) is 9.59 Å². The predicted octanol–water partition coefficient (Wildman–Crippen LogP) is 2.14. The summed E-state index contributed by atoms with van der Waals surface area (Å²) in [6, 6.07) is 8.35. The summed E-state index contributed by atoms with van der Waals surface area (Å²) in [6.45, 7) is 3.51. The first kappa shape index (κ1) is 25.8. The van der Waals surface area contributed by atoms with Gasteiger partial charge in [-0.25, -0.2) is 0 Å². The number of benzene rings is 1. The van der Waals surface area contributed by atoms with Crippen molar-refractivity contribution in [1.82, 2.24) is 5.32 Å². The van der Waals surface area contributed by atoms with Gasteiger partial charge in [0.1, 0.15) is 12.1 Å². The maximum atomic E-state index is 11.7. The molecule has 174 valence electrons. The van der Waals surface area contributed by atoms with Gasteiger partial charge in [-0.05, 0) is 19.3 Å². The van der Waals surface area contributed by atoms with E-state index in [9.17, 15) is 19.8 Å². The van der Waals surface area contributed by atoms with Crippen molar-refractivity contribution in [2.24, 2.45) is 0 Å². The maximum Gasteiger partial charge on any atom is 0.217 e. The lowest BCUT2D eigenvalue weighted by Crippen LogP contribution is -2.56. The van der Waals surface area contributed by atoms with Crippen molar-refractivity contribution in [1.29, 1.82) is 0 Å². The Kier molecular flexibility index (Phi) is 11.5. The summed E-state index contributed by atoms with van der Waals surface area (Å²) in [5.74, 6) is 0.369. The second-order valence-corrected chi connectivity index (χ2v) is 8.73. The summed E-state index contributed by atoms with van der Waals surface area (Å²) >= 11 is 1.29. The summed E-state index contributed by atoms with van der Waals surface area (Å²) in [5.41, 5.74) is 0.829. The minimum atomic E-state index is -1.38. The monoisotopic (exact) mass is 455 g/mol. The highest BCUT2D eigenvalue weighted by molar-refractivity contribution is 8.13. The van der Waals surface area contributed by atoms with E-state index >= 15 is 0 Å². The van der Waals surface area contributed by atoms with Crippen LogP contribution in [-0.4, -0.2) is 64.7 Å². The first-order valence-electron chi connectivity index (χ1n) is 10.6. The molecule has 8 nitrogen and oxygen atoms in total. The van der Waals surface area contributed by atoms with Crippen LogP contribution < -0.4 is 5.32 Å². The van der Waals surface area contributed by atoms with Crippen molar-refractivity contribution in [2.45, 2.75) is 70.4 Å². The molecule has 1 aliphatic heterocycles. The van der Waals surface area contributed by atoms with Crippen LogP contribution in [0.1, 0.15) is 51.4 Å². The Hall–Kier alpha value is -1.49. The number of ether oxygens (including phenoxy) is 3. The van der Waals surface area contributed by atoms with Gasteiger partial charge in [-0.2, -0.15) is 0 Å². The van der Waals surface area contributed by atoms with Crippen molar-refractivity contribution in [3.05, 3.63) is 35.9 Å². The number of unbranched alkanes of at least 4 members (excludes halogenated alkanes) is 2. The molecule has 0 saturated carbocycles. The van der Waals surface area contributed by atoms with Crippen LogP contribution in [0, 0.1) is 0 Å². The van der Waals surface area contributed by atoms with Crippen LogP contribution in [0.2, 0.25) is 0 Å². The van der Waals surface area contributed by atoms with E-state index in [-0.39, 0.29) is 17.6 Å². The third-order valence-electron chi connectivity index (χ3n) is 4.85. The lowest BCUT2D eigenvalue weighted by Gasteiger charge is -2.37. The molecular weight excluding hydrogens is 422 g/mol. The second kappa shape index (κ2) is 13.8. The highest BCUT2D eigenvalue weighted by Gasteiger charge is 2.38. The average molecular weight is 456 g/mol. The molecule has 1 heterocycles. The molecule has 1 fully saturated rings.